The Balaban J connectivity index is 1.74. The van der Waals surface area contributed by atoms with E-state index in [1.54, 1.807) is 0 Å². The maximum absolute atomic E-state index is 4.43. The molecule has 0 radical (unpaired) electrons. The molecule has 1 saturated carbocycles. The van der Waals surface area contributed by atoms with Gasteiger partial charge in [-0.1, -0.05) is 19.8 Å². The molecule has 1 atom stereocenters. The largest absolute Gasteiger partial charge is 0.315 e. The molecule has 0 bridgehead atoms. The van der Waals surface area contributed by atoms with Gasteiger partial charge in [0.1, 0.15) is 12.2 Å². The van der Waals surface area contributed by atoms with Gasteiger partial charge < -0.3 is 9.88 Å². The van der Waals surface area contributed by atoms with E-state index in [1.807, 2.05) is 6.33 Å². The lowest BCUT2D eigenvalue weighted by Crippen LogP contribution is -2.32. The average Bonchev–Trinajstić information content (AvgIpc) is 2.90. The number of hydrogen-bond acceptors (Lipinski definition) is 3. The highest BCUT2D eigenvalue weighted by atomic mass is 15.3. The predicted octanol–water partition coefficient (Wildman–Crippen LogP) is 2.50. The second kappa shape index (κ2) is 5.39. The number of nitrogens with one attached hydrogen (secondary N) is 1. The van der Waals surface area contributed by atoms with Crippen molar-refractivity contribution < 1.29 is 0 Å². The molecule has 1 N–H and O–H groups in total. The van der Waals surface area contributed by atoms with Crippen molar-refractivity contribution >= 4 is 0 Å². The van der Waals surface area contributed by atoms with Gasteiger partial charge >= 0.3 is 0 Å². The first-order valence-electron chi connectivity index (χ1n) is 7.44. The van der Waals surface area contributed by atoms with Crippen LogP contribution in [0.4, 0.5) is 0 Å². The lowest BCUT2D eigenvalue weighted by Gasteiger charge is -2.29. The van der Waals surface area contributed by atoms with E-state index in [0.29, 0.717) is 12.0 Å². The van der Waals surface area contributed by atoms with Crippen LogP contribution in [0.15, 0.2) is 6.33 Å². The van der Waals surface area contributed by atoms with E-state index in [2.05, 4.69) is 27.0 Å². The van der Waals surface area contributed by atoms with Gasteiger partial charge in [-0.25, -0.2) is 0 Å². The van der Waals surface area contributed by atoms with Crippen LogP contribution in [-0.4, -0.2) is 27.9 Å². The Labute approximate surface area is 109 Å². The van der Waals surface area contributed by atoms with Crippen molar-refractivity contribution in [1.29, 1.82) is 0 Å². The minimum atomic E-state index is 0.572. The summed E-state index contributed by atoms with van der Waals surface area (Å²) in [5.41, 5.74) is 0. The molecule has 1 aromatic heterocycles. The number of hydrogen-bond donors (Lipinski definition) is 1. The van der Waals surface area contributed by atoms with E-state index >= 15 is 0 Å². The van der Waals surface area contributed by atoms with Crippen molar-refractivity contribution in [2.45, 2.75) is 57.4 Å². The monoisotopic (exact) mass is 248 g/mol. The SMILES string of the molecule is CC1CCC(c2nncn2C2CCCNC2)CC1. The molecule has 2 aliphatic rings. The molecule has 1 aromatic rings. The molecule has 1 saturated heterocycles. The molecule has 3 rings (SSSR count). The van der Waals surface area contributed by atoms with Crippen molar-refractivity contribution in [3.8, 4) is 0 Å². The number of rotatable bonds is 2. The average molecular weight is 248 g/mol. The van der Waals surface area contributed by atoms with Crippen LogP contribution in [-0.2, 0) is 0 Å². The van der Waals surface area contributed by atoms with Gasteiger partial charge in [0.15, 0.2) is 0 Å². The molecule has 0 amide bonds. The smallest absolute Gasteiger partial charge is 0.136 e. The molecule has 18 heavy (non-hydrogen) atoms. The maximum Gasteiger partial charge on any atom is 0.136 e. The molecule has 4 heteroatoms. The first-order chi connectivity index (χ1) is 8.84. The van der Waals surface area contributed by atoms with Crippen LogP contribution in [0.3, 0.4) is 0 Å². The van der Waals surface area contributed by atoms with Crippen LogP contribution in [0, 0.1) is 5.92 Å². The van der Waals surface area contributed by atoms with Crippen molar-refractivity contribution in [3.63, 3.8) is 0 Å². The predicted molar refractivity (Wildman–Crippen MR) is 71.5 cm³/mol. The molecular weight excluding hydrogens is 224 g/mol. The Bertz CT molecular complexity index is 373. The summed E-state index contributed by atoms with van der Waals surface area (Å²) in [5.74, 6) is 2.79. The summed E-state index contributed by atoms with van der Waals surface area (Å²) in [6, 6.07) is 0.572. The number of nitrogens with zero attached hydrogens (tertiary/aromatic N) is 3. The minimum Gasteiger partial charge on any atom is -0.315 e. The molecule has 1 aliphatic heterocycles. The fraction of sp³-hybridized carbons (Fsp3) is 0.857. The summed E-state index contributed by atoms with van der Waals surface area (Å²) in [7, 11) is 0. The fourth-order valence-corrected chi connectivity index (χ4v) is 3.41. The van der Waals surface area contributed by atoms with Crippen molar-refractivity contribution in [1.82, 2.24) is 20.1 Å². The molecule has 0 aromatic carbocycles. The first-order valence-corrected chi connectivity index (χ1v) is 7.44. The highest BCUT2D eigenvalue weighted by Gasteiger charge is 2.26. The van der Waals surface area contributed by atoms with Gasteiger partial charge in [-0.15, -0.1) is 10.2 Å². The molecule has 1 aliphatic carbocycles. The Morgan fingerprint density at radius 2 is 2.06 bits per heavy atom. The van der Waals surface area contributed by atoms with E-state index in [4.69, 9.17) is 0 Å². The van der Waals surface area contributed by atoms with Crippen LogP contribution < -0.4 is 5.32 Å². The summed E-state index contributed by atoms with van der Waals surface area (Å²) < 4.78 is 2.35. The highest BCUT2D eigenvalue weighted by molar-refractivity contribution is 5.01. The van der Waals surface area contributed by atoms with Gasteiger partial charge in [0.25, 0.3) is 0 Å². The van der Waals surface area contributed by atoms with Gasteiger partial charge in [-0.3, -0.25) is 0 Å². The summed E-state index contributed by atoms with van der Waals surface area (Å²) >= 11 is 0. The van der Waals surface area contributed by atoms with Crippen LogP contribution in [0.1, 0.15) is 63.2 Å². The lowest BCUT2D eigenvalue weighted by atomic mass is 9.82. The Hall–Kier alpha value is -0.900. The van der Waals surface area contributed by atoms with Gasteiger partial charge in [0.05, 0.1) is 0 Å². The lowest BCUT2D eigenvalue weighted by molar-refractivity contribution is 0.311. The van der Waals surface area contributed by atoms with E-state index < -0.39 is 0 Å². The van der Waals surface area contributed by atoms with Gasteiger partial charge in [0, 0.05) is 18.5 Å². The van der Waals surface area contributed by atoms with Gasteiger partial charge in [-0.2, -0.15) is 0 Å². The number of piperidine rings is 1. The van der Waals surface area contributed by atoms with E-state index in [0.717, 1.165) is 19.0 Å². The maximum atomic E-state index is 4.43. The topological polar surface area (TPSA) is 42.7 Å². The van der Waals surface area contributed by atoms with E-state index in [9.17, 15) is 0 Å². The molecule has 100 valence electrons. The molecule has 1 unspecified atom stereocenters. The molecule has 2 heterocycles. The van der Waals surface area contributed by atoms with Crippen LogP contribution >= 0.6 is 0 Å². The molecule has 4 nitrogen and oxygen atoms in total. The third kappa shape index (κ3) is 2.44. The first kappa shape index (κ1) is 12.2. The normalized spacial score (nSPS) is 33.5. The van der Waals surface area contributed by atoms with Crippen molar-refractivity contribution in [3.05, 3.63) is 12.2 Å². The quantitative estimate of drug-likeness (QED) is 0.874. The Morgan fingerprint density at radius 3 is 2.78 bits per heavy atom. The Morgan fingerprint density at radius 1 is 1.22 bits per heavy atom. The van der Waals surface area contributed by atoms with Gasteiger partial charge in [0.2, 0.25) is 0 Å². The van der Waals surface area contributed by atoms with Crippen LogP contribution in [0.5, 0.6) is 0 Å². The minimum absolute atomic E-state index is 0.572. The van der Waals surface area contributed by atoms with Crippen LogP contribution in [0.25, 0.3) is 0 Å². The summed E-state index contributed by atoms with van der Waals surface area (Å²) in [5, 5.41) is 12.1. The standard InChI is InChI=1S/C14H24N4/c1-11-4-6-12(7-5-11)14-17-16-10-18(14)13-3-2-8-15-9-13/h10-13,15H,2-9H2,1H3. The van der Waals surface area contributed by atoms with E-state index in [1.165, 1.54) is 44.3 Å². The van der Waals surface area contributed by atoms with Crippen molar-refractivity contribution in [2.24, 2.45) is 5.92 Å². The summed E-state index contributed by atoms with van der Waals surface area (Å²) in [6.45, 7) is 4.61. The summed E-state index contributed by atoms with van der Waals surface area (Å²) in [6.07, 6.45) is 9.76. The Kier molecular flexibility index (Phi) is 3.64. The third-order valence-corrected chi connectivity index (χ3v) is 4.65. The third-order valence-electron chi connectivity index (χ3n) is 4.65. The second-order valence-corrected chi connectivity index (χ2v) is 6.05. The number of aromatic nitrogens is 3. The molecule has 2 fully saturated rings. The zero-order valence-electron chi connectivity index (χ0n) is 11.3. The fourth-order valence-electron chi connectivity index (χ4n) is 3.41. The highest BCUT2D eigenvalue weighted by Crippen LogP contribution is 2.35. The van der Waals surface area contributed by atoms with Crippen molar-refractivity contribution in [2.75, 3.05) is 13.1 Å². The zero-order chi connectivity index (χ0) is 12.4. The van der Waals surface area contributed by atoms with Crippen LogP contribution in [0.2, 0.25) is 0 Å². The summed E-state index contributed by atoms with van der Waals surface area (Å²) in [4.78, 5) is 0. The zero-order valence-corrected chi connectivity index (χ0v) is 11.3. The molecule has 0 spiro atoms. The van der Waals surface area contributed by atoms with E-state index in [-0.39, 0.29) is 0 Å². The molecular formula is C14H24N4. The second-order valence-electron chi connectivity index (χ2n) is 6.05. The van der Waals surface area contributed by atoms with Gasteiger partial charge in [-0.05, 0) is 38.1 Å².